The van der Waals surface area contributed by atoms with Gasteiger partial charge in [0.2, 0.25) is 5.95 Å². The first-order valence-electron chi connectivity index (χ1n) is 4.52. The topological polar surface area (TPSA) is 51.0 Å². The molecule has 0 atom stereocenters. The van der Waals surface area contributed by atoms with Crippen LogP contribution in [0.5, 0.6) is 0 Å². The molecule has 0 unspecified atom stereocenters. The molecule has 5 heteroatoms. The second-order valence-corrected chi connectivity index (χ2v) is 3.69. The molecule has 2 aromatic heterocycles. The highest BCUT2D eigenvalue weighted by atomic mass is 32.2. The normalized spacial score (nSPS) is 9.75. The lowest BCUT2D eigenvalue weighted by molar-refractivity contribution is 0.579. The monoisotopic (exact) mass is 231 g/mol. The Labute approximate surface area is 97.5 Å². The molecule has 0 aliphatic heterocycles. The maximum absolute atomic E-state index is 5.27. The van der Waals surface area contributed by atoms with Crippen LogP contribution in [-0.2, 0) is 0 Å². The fraction of sp³-hybridized carbons (Fsp3) is 0.0909. The quantitative estimate of drug-likeness (QED) is 0.380. The van der Waals surface area contributed by atoms with Crippen LogP contribution >= 0.6 is 11.8 Å². The Kier molecular flexibility index (Phi) is 3.13. The van der Waals surface area contributed by atoms with Crippen LogP contribution < -0.4 is 5.32 Å². The summed E-state index contributed by atoms with van der Waals surface area (Å²) in [6.45, 7) is 0. The van der Waals surface area contributed by atoms with Crippen LogP contribution in [0.3, 0.4) is 0 Å². The van der Waals surface area contributed by atoms with Crippen molar-refractivity contribution in [2.75, 3.05) is 11.6 Å². The number of anilines is 1. The first-order valence-corrected chi connectivity index (χ1v) is 5.74. The Morgan fingerprint density at radius 2 is 2.38 bits per heavy atom. The van der Waals surface area contributed by atoms with Gasteiger partial charge in [-0.15, -0.1) is 11.8 Å². The minimum Gasteiger partial charge on any atom is -0.463 e. The number of terminal acetylenes is 1. The minimum absolute atomic E-state index is 0.403. The zero-order valence-electron chi connectivity index (χ0n) is 8.60. The number of furan rings is 1. The van der Waals surface area contributed by atoms with Crippen molar-refractivity contribution in [1.29, 1.82) is 0 Å². The standard InChI is InChI=1S/C11H9N3OS/c1-3-12-11-13-8(7-10(14-11)16-2)9-5-4-6-15-9/h1,4-7H,2H3,(H,12,13,14). The van der Waals surface area contributed by atoms with E-state index in [9.17, 15) is 0 Å². The van der Waals surface area contributed by atoms with Crippen LogP contribution in [0.15, 0.2) is 33.9 Å². The van der Waals surface area contributed by atoms with Crippen molar-refractivity contribution < 1.29 is 4.42 Å². The SMILES string of the molecule is C#CNc1nc(SC)cc(-c2ccco2)n1. The van der Waals surface area contributed by atoms with Gasteiger partial charge >= 0.3 is 0 Å². The lowest BCUT2D eigenvalue weighted by Crippen LogP contribution is -1.98. The highest BCUT2D eigenvalue weighted by molar-refractivity contribution is 7.98. The van der Waals surface area contributed by atoms with Gasteiger partial charge in [0.25, 0.3) is 0 Å². The van der Waals surface area contributed by atoms with Crippen molar-refractivity contribution in [2.45, 2.75) is 5.03 Å². The van der Waals surface area contributed by atoms with Gasteiger partial charge in [0.1, 0.15) is 10.7 Å². The summed E-state index contributed by atoms with van der Waals surface area (Å²) in [5, 5.41) is 3.47. The molecular weight excluding hydrogens is 222 g/mol. The van der Waals surface area contributed by atoms with Crippen molar-refractivity contribution in [3.05, 3.63) is 24.5 Å². The number of rotatable bonds is 3. The Bertz CT molecular complexity index is 517. The van der Waals surface area contributed by atoms with Gasteiger partial charge in [0.15, 0.2) is 5.76 Å². The molecule has 4 nitrogen and oxygen atoms in total. The molecule has 0 bridgehead atoms. The summed E-state index contributed by atoms with van der Waals surface area (Å²) in [6.07, 6.45) is 8.69. The van der Waals surface area contributed by atoms with Crippen molar-refractivity contribution in [1.82, 2.24) is 9.97 Å². The summed E-state index contributed by atoms with van der Waals surface area (Å²) in [5.41, 5.74) is 0.710. The van der Waals surface area contributed by atoms with Gasteiger partial charge in [-0.3, -0.25) is 5.32 Å². The van der Waals surface area contributed by atoms with Crippen LogP contribution in [0.2, 0.25) is 0 Å². The summed E-state index contributed by atoms with van der Waals surface area (Å²) in [6, 6.07) is 7.79. The molecule has 0 radical (unpaired) electrons. The molecular formula is C11H9N3OS. The number of hydrogen-bond acceptors (Lipinski definition) is 5. The van der Waals surface area contributed by atoms with E-state index in [0.29, 0.717) is 17.4 Å². The van der Waals surface area contributed by atoms with Gasteiger partial charge in [-0.05, 0) is 18.4 Å². The molecule has 0 spiro atoms. The molecule has 0 amide bonds. The maximum atomic E-state index is 5.27. The Morgan fingerprint density at radius 3 is 3.00 bits per heavy atom. The second kappa shape index (κ2) is 4.73. The van der Waals surface area contributed by atoms with Gasteiger partial charge < -0.3 is 4.42 Å². The fourth-order valence-electron chi connectivity index (χ4n) is 1.20. The summed E-state index contributed by atoms with van der Waals surface area (Å²) in [7, 11) is 0. The van der Waals surface area contributed by atoms with E-state index in [1.165, 1.54) is 11.8 Å². The Hall–Kier alpha value is -1.93. The molecule has 2 heterocycles. The van der Waals surface area contributed by atoms with E-state index in [4.69, 9.17) is 10.8 Å². The van der Waals surface area contributed by atoms with E-state index >= 15 is 0 Å². The van der Waals surface area contributed by atoms with Gasteiger partial charge in [0, 0.05) is 12.1 Å². The molecule has 2 aromatic rings. The zero-order valence-corrected chi connectivity index (χ0v) is 9.41. The van der Waals surface area contributed by atoms with E-state index in [0.717, 1.165) is 5.03 Å². The summed E-state index contributed by atoms with van der Waals surface area (Å²) >= 11 is 1.52. The van der Waals surface area contributed by atoms with E-state index in [1.54, 1.807) is 6.26 Å². The van der Waals surface area contributed by atoms with Crippen molar-refractivity contribution in [3.8, 4) is 23.9 Å². The molecule has 1 N–H and O–H groups in total. The number of nitrogens with zero attached hydrogens (tertiary/aromatic N) is 2. The first-order chi connectivity index (χ1) is 7.83. The van der Waals surface area contributed by atoms with Gasteiger partial charge in [0.05, 0.1) is 6.26 Å². The lowest BCUT2D eigenvalue weighted by Gasteiger charge is -2.03. The molecule has 0 saturated heterocycles. The van der Waals surface area contributed by atoms with E-state index in [2.05, 4.69) is 21.3 Å². The van der Waals surface area contributed by atoms with E-state index in [1.807, 2.05) is 24.5 Å². The van der Waals surface area contributed by atoms with E-state index < -0.39 is 0 Å². The Balaban J connectivity index is 2.46. The fourth-order valence-corrected chi connectivity index (χ4v) is 1.61. The molecule has 0 aliphatic rings. The number of aromatic nitrogens is 2. The van der Waals surface area contributed by atoms with E-state index in [-0.39, 0.29) is 0 Å². The molecule has 0 saturated carbocycles. The summed E-state index contributed by atoms with van der Waals surface area (Å²) in [4.78, 5) is 8.45. The Morgan fingerprint density at radius 1 is 1.50 bits per heavy atom. The van der Waals surface area contributed by atoms with Crippen LogP contribution in [0.1, 0.15) is 0 Å². The van der Waals surface area contributed by atoms with Gasteiger partial charge in [-0.25, -0.2) is 9.97 Å². The molecule has 80 valence electrons. The summed E-state index contributed by atoms with van der Waals surface area (Å²) < 4.78 is 5.27. The van der Waals surface area contributed by atoms with Crippen LogP contribution in [0, 0.1) is 12.5 Å². The minimum atomic E-state index is 0.403. The molecule has 0 fully saturated rings. The predicted octanol–water partition coefficient (Wildman–Crippen LogP) is 2.46. The molecule has 16 heavy (non-hydrogen) atoms. The predicted molar refractivity (Wildman–Crippen MR) is 64.0 cm³/mol. The highest BCUT2D eigenvalue weighted by Gasteiger charge is 2.07. The van der Waals surface area contributed by atoms with Crippen molar-refractivity contribution in [3.63, 3.8) is 0 Å². The average Bonchev–Trinajstić information content (AvgIpc) is 2.82. The number of nitrogens with one attached hydrogen (secondary N) is 1. The van der Waals surface area contributed by atoms with Crippen LogP contribution in [0.25, 0.3) is 11.5 Å². The highest BCUT2D eigenvalue weighted by Crippen LogP contribution is 2.23. The third-order valence-electron chi connectivity index (χ3n) is 1.87. The lowest BCUT2D eigenvalue weighted by atomic mass is 10.3. The third kappa shape index (κ3) is 2.18. The number of thioether (sulfide) groups is 1. The molecule has 0 aromatic carbocycles. The van der Waals surface area contributed by atoms with Crippen molar-refractivity contribution in [2.24, 2.45) is 0 Å². The zero-order chi connectivity index (χ0) is 11.4. The van der Waals surface area contributed by atoms with Gasteiger partial charge in [-0.1, -0.05) is 6.42 Å². The van der Waals surface area contributed by atoms with Crippen LogP contribution in [-0.4, -0.2) is 16.2 Å². The smallest absolute Gasteiger partial charge is 0.236 e. The third-order valence-corrected chi connectivity index (χ3v) is 2.50. The van der Waals surface area contributed by atoms with Crippen molar-refractivity contribution >= 4 is 17.7 Å². The second-order valence-electron chi connectivity index (χ2n) is 2.87. The number of hydrogen-bond donors (Lipinski definition) is 1. The molecule has 2 rings (SSSR count). The van der Waals surface area contributed by atoms with Crippen LogP contribution in [0.4, 0.5) is 5.95 Å². The largest absolute Gasteiger partial charge is 0.463 e. The maximum Gasteiger partial charge on any atom is 0.236 e. The summed E-state index contributed by atoms with van der Waals surface area (Å²) in [5.74, 6) is 1.10. The molecule has 0 aliphatic carbocycles. The first kappa shape index (κ1) is 10.6. The van der Waals surface area contributed by atoms with Gasteiger partial charge in [-0.2, -0.15) is 0 Å². The average molecular weight is 231 g/mol.